The molecule has 2 aromatic heterocycles. The Bertz CT molecular complexity index is 841. The summed E-state index contributed by atoms with van der Waals surface area (Å²) in [4.78, 5) is 34.8. The lowest BCUT2D eigenvalue weighted by Gasteiger charge is -2.22. The standard InChI is InChI=1S/C16H25N4O5P/c1-5-15(12(4)25-26(22,23)24)20-16(21)19(10-18-20)9-13-6-14(11(2)3)8-17-7-13/h6-8,10-12,15H,5,9H2,1-4H3,(H2,22,23,24)/t12-,15+/m1/s1. The van der Waals surface area contributed by atoms with Crippen LogP contribution in [0.4, 0.5) is 0 Å². The molecule has 26 heavy (non-hydrogen) atoms. The number of phosphoric ester groups is 1. The summed E-state index contributed by atoms with van der Waals surface area (Å²) in [6.45, 7) is 7.76. The van der Waals surface area contributed by atoms with Crippen LogP contribution in [0, 0.1) is 0 Å². The molecule has 2 rings (SSSR count). The molecule has 0 radical (unpaired) electrons. The van der Waals surface area contributed by atoms with Gasteiger partial charge in [0.2, 0.25) is 0 Å². The fraction of sp³-hybridized carbons (Fsp3) is 0.562. The maximum Gasteiger partial charge on any atom is 0.469 e. The lowest BCUT2D eigenvalue weighted by Crippen LogP contribution is -2.34. The topological polar surface area (TPSA) is 119 Å². The molecule has 9 nitrogen and oxygen atoms in total. The molecule has 0 bridgehead atoms. The van der Waals surface area contributed by atoms with Crippen molar-refractivity contribution in [2.75, 3.05) is 0 Å². The molecule has 0 fully saturated rings. The van der Waals surface area contributed by atoms with E-state index in [0.717, 1.165) is 11.1 Å². The third kappa shape index (κ3) is 5.11. The third-order valence-electron chi connectivity index (χ3n) is 4.17. The van der Waals surface area contributed by atoms with Crippen LogP contribution in [-0.4, -0.2) is 35.2 Å². The Labute approximate surface area is 151 Å². The highest BCUT2D eigenvalue weighted by Crippen LogP contribution is 2.40. The van der Waals surface area contributed by atoms with Gasteiger partial charge in [-0.25, -0.2) is 14.0 Å². The summed E-state index contributed by atoms with van der Waals surface area (Å²) in [6.07, 6.45) is 4.48. The first kappa shape index (κ1) is 20.5. The number of hydrogen-bond acceptors (Lipinski definition) is 5. The maximum absolute atomic E-state index is 12.7. The van der Waals surface area contributed by atoms with E-state index in [1.165, 1.54) is 22.5 Å². The Morgan fingerprint density at radius 1 is 1.27 bits per heavy atom. The van der Waals surface area contributed by atoms with Crippen LogP contribution in [0.5, 0.6) is 0 Å². The van der Waals surface area contributed by atoms with Crippen LogP contribution in [0.25, 0.3) is 0 Å². The van der Waals surface area contributed by atoms with E-state index >= 15 is 0 Å². The summed E-state index contributed by atoms with van der Waals surface area (Å²) in [5, 5.41) is 4.11. The van der Waals surface area contributed by atoms with E-state index < -0.39 is 20.0 Å². The van der Waals surface area contributed by atoms with E-state index in [1.54, 1.807) is 19.3 Å². The Hall–Kier alpha value is -1.80. The number of aromatic nitrogens is 4. The van der Waals surface area contributed by atoms with Gasteiger partial charge < -0.3 is 9.79 Å². The predicted octanol–water partition coefficient (Wildman–Crippen LogP) is 2.06. The molecule has 2 atom stereocenters. The quantitative estimate of drug-likeness (QED) is 0.669. The lowest BCUT2D eigenvalue weighted by atomic mass is 10.0. The minimum Gasteiger partial charge on any atom is -0.303 e. The SMILES string of the molecule is CC[C@@H]([C@@H](C)OP(=O)(O)O)n1ncn(Cc2cncc(C(C)C)c2)c1=O. The van der Waals surface area contributed by atoms with E-state index in [2.05, 4.69) is 23.9 Å². The second kappa shape index (κ2) is 8.26. The van der Waals surface area contributed by atoms with Crippen molar-refractivity contribution in [3.63, 3.8) is 0 Å². The van der Waals surface area contributed by atoms with Crippen molar-refractivity contribution in [2.45, 2.75) is 58.7 Å². The molecule has 0 aliphatic rings. The van der Waals surface area contributed by atoms with Crippen LogP contribution >= 0.6 is 7.82 Å². The summed E-state index contributed by atoms with van der Waals surface area (Å²) in [5.74, 6) is 0.331. The van der Waals surface area contributed by atoms with Crippen molar-refractivity contribution in [1.29, 1.82) is 0 Å². The second-order valence-electron chi connectivity index (χ2n) is 6.54. The van der Waals surface area contributed by atoms with Crippen LogP contribution in [0.3, 0.4) is 0 Å². The molecule has 0 aliphatic heterocycles. The molecule has 2 heterocycles. The average molecular weight is 384 g/mol. The molecule has 0 unspecified atom stereocenters. The van der Waals surface area contributed by atoms with E-state index in [1.807, 2.05) is 6.07 Å². The number of hydrogen-bond donors (Lipinski definition) is 2. The third-order valence-corrected chi connectivity index (χ3v) is 4.78. The second-order valence-corrected chi connectivity index (χ2v) is 7.74. The highest BCUT2D eigenvalue weighted by atomic mass is 31.2. The molecule has 0 saturated carbocycles. The number of pyridine rings is 1. The monoisotopic (exact) mass is 384 g/mol. The molecule has 10 heteroatoms. The minimum atomic E-state index is -4.65. The minimum absolute atomic E-state index is 0.316. The Balaban J connectivity index is 2.25. The van der Waals surface area contributed by atoms with Crippen molar-refractivity contribution in [1.82, 2.24) is 19.3 Å². The first-order valence-electron chi connectivity index (χ1n) is 8.44. The van der Waals surface area contributed by atoms with Gasteiger partial charge in [0.1, 0.15) is 6.33 Å². The first-order valence-corrected chi connectivity index (χ1v) is 9.97. The smallest absolute Gasteiger partial charge is 0.303 e. The largest absolute Gasteiger partial charge is 0.469 e. The molecule has 2 N–H and O–H groups in total. The van der Waals surface area contributed by atoms with Crippen LogP contribution in [0.1, 0.15) is 57.2 Å². The molecule has 144 valence electrons. The zero-order chi connectivity index (χ0) is 19.5. The van der Waals surface area contributed by atoms with E-state index in [4.69, 9.17) is 14.3 Å². The Morgan fingerprint density at radius 3 is 2.54 bits per heavy atom. The summed E-state index contributed by atoms with van der Waals surface area (Å²) >= 11 is 0. The van der Waals surface area contributed by atoms with Crippen molar-refractivity contribution < 1.29 is 18.9 Å². The van der Waals surface area contributed by atoms with Crippen molar-refractivity contribution >= 4 is 7.82 Å². The number of phosphoric acid groups is 1. The lowest BCUT2D eigenvalue weighted by molar-refractivity contribution is 0.0961. The molecule has 0 spiro atoms. The first-order chi connectivity index (χ1) is 12.1. The Morgan fingerprint density at radius 2 is 1.96 bits per heavy atom. The highest BCUT2D eigenvalue weighted by Gasteiger charge is 2.28. The van der Waals surface area contributed by atoms with E-state index in [0.29, 0.717) is 18.9 Å². The van der Waals surface area contributed by atoms with Gasteiger partial charge in [0.15, 0.2) is 0 Å². The molecular weight excluding hydrogens is 359 g/mol. The summed E-state index contributed by atoms with van der Waals surface area (Å²) in [5.41, 5.74) is 1.59. The zero-order valence-electron chi connectivity index (χ0n) is 15.3. The normalized spacial score (nSPS) is 14.6. The van der Waals surface area contributed by atoms with Crippen LogP contribution < -0.4 is 5.69 Å². The van der Waals surface area contributed by atoms with Gasteiger partial charge in [0.05, 0.1) is 18.7 Å². The van der Waals surface area contributed by atoms with E-state index in [9.17, 15) is 9.36 Å². The summed E-state index contributed by atoms with van der Waals surface area (Å²) in [6, 6.07) is 1.41. The summed E-state index contributed by atoms with van der Waals surface area (Å²) in [7, 11) is -4.65. The maximum atomic E-state index is 12.7. The fourth-order valence-corrected chi connectivity index (χ4v) is 3.36. The molecule has 0 aliphatic carbocycles. The van der Waals surface area contributed by atoms with Crippen molar-refractivity contribution in [2.24, 2.45) is 0 Å². The van der Waals surface area contributed by atoms with Gasteiger partial charge in [0.25, 0.3) is 0 Å². The highest BCUT2D eigenvalue weighted by molar-refractivity contribution is 7.46. The molecule has 0 saturated heterocycles. The van der Waals surface area contributed by atoms with Gasteiger partial charge in [-0.2, -0.15) is 5.10 Å². The number of rotatable bonds is 8. The van der Waals surface area contributed by atoms with Gasteiger partial charge in [-0.15, -0.1) is 0 Å². The van der Waals surface area contributed by atoms with Crippen LogP contribution in [0.15, 0.2) is 29.6 Å². The van der Waals surface area contributed by atoms with Crippen LogP contribution in [-0.2, 0) is 15.6 Å². The average Bonchev–Trinajstić information content (AvgIpc) is 2.88. The zero-order valence-corrected chi connectivity index (χ0v) is 16.2. The number of nitrogens with zero attached hydrogens (tertiary/aromatic N) is 4. The van der Waals surface area contributed by atoms with Gasteiger partial charge in [-0.1, -0.05) is 26.8 Å². The van der Waals surface area contributed by atoms with Gasteiger partial charge in [0, 0.05) is 12.4 Å². The Kier molecular flexibility index (Phi) is 6.52. The van der Waals surface area contributed by atoms with Crippen molar-refractivity contribution in [3.05, 3.63) is 46.4 Å². The van der Waals surface area contributed by atoms with E-state index in [-0.39, 0.29) is 5.69 Å². The van der Waals surface area contributed by atoms with Crippen LogP contribution in [0.2, 0.25) is 0 Å². The van der Waals surface area contributed by atoms with Crippen molar-refractivity contribution in [3.8, 4) is 0 Å². The summed E-state index contributed by atoms with van der Waals surface area (Å²) < 4.78 is 18.4. The predicted molar refractivity (Wildman–Crippen MR) is 95.8 cm³/mol. The molecule has 2 aromatic rings. The fourth-order valence-electron chi connectivity index (χ4n) is 2.78. The van der Waals surface area contributed by atoms with Gasteiger partial charge in [-0.05, 0) is 30.4 Å². The molecule has 0 amide bonds. The van der Waals surface area contributed by atoms with Gasteiger partial charge >= 0.3 is 13.5 Å². The molecule has 0 aromatic carbocycles. The molecular formula is C16H25N4O5P. The van der Waals surface area contributed by atoms with Gasteiger partial charge in [-0.3, -0.25) is 14.1 Å².